The molecule has 1 fully saturated rings. The Kier molecular flexibility index (Phi) is 54.8. The average Bonchev–Trinajstić information content (AvgIpc) is 3.46. The Morgan fingerprint density at radius 1 is 0.438 bits per heavy atom. The van der Waals surface area contributed by atoms with Crippen LogP contribution in [0.2, 0.25) is 0 Å². The van der Waals surface area contributed by atoms with Crippen LogP contribution in [-0.2, 0) is 14.3 Å². The molecule has 80 heavy (non-hydrogen) atoms. The van der Waals surface area contributed by atoms with Gasteiger partial charge in [-0.05, 0) is 103 Å². The molecule has 9 heteroatoms. The highest BCUT2D eigenvalue weighted by atomic mass is 16.7. The molecule has 1 aliphatic heterocycles. The molecule has 1 rings (SSSR count). The first-order chi connectivity index (χ1) is 39.3. The summed E-state index contributed by atoms with van der Waals surface area (Å²) in [5.74, 6) is -0.197. The highest BCUT2D eigenvalue weighted by Gasteiger charge is 2.44. The van der Waals surface area contributed by atoms with Gasteiger partial charge in [0, 0.05) is 6.42 Å². The Bertz CT molecular complexity index is 1670. The van der Waals surface area contributed by atoms with Gasteiger partial charge >= 0.3 is 0 Å². The van der Waals surface area contributed by atoms with E-state index in [-0.39, 0.29) is 12.5 Å². The Balaban J connectivity index is 2.21. The van der Waals surface area contributed by atoms with E-state index in [4.69, 9.17) is 9.47 Å². The predicted molar refractivity (Wildman–Crippen MR) is 340 cm³/mol. The van der Waals surface area contributed by atoms with Gasteiger partial charge in [-0.2, -0.15) is 0 Å². The zero-order valence-electron chi connectivity index (χ0n) is 51.0. The summed E-state index contributed by atoms with van der Waals surface area (Å²) in [7, 11) is 0. The summed E-state index contributed by atoms with van der Waals surface area (Å²) in [4.78, 5) is 13.1. The van der Waals surface area contributed by atoms with Gasteiger partial charge in [0.1, 0.15) is 24.4 Å². The third-order valence-electron chi connectivity index (χ3n) is 14.7. The number of allylic oxidation sites excluding steroid dienone is 19. The molecule has 0 aliphatic carbocycles. The lowest BCUT2D eigenvalue weighted by Gasteiger charge is -2.40. The van der Waals surface area contributed by atoms with Crippen LogP contribution in [0.3, 0.4) is 0 Å². The van der Waals surface area contributed by atoms with Gasteiger partial charge in [0.05, 0.1) is 25.4 Å². The second-order valence-corrected chi connectivity index (χ2v) is 22.2. The van der Waals surface area contributed by atoms with Gasteiger partial charge in [-0.3, -0.25) is 4.79 Å². The molecule has 458 valence electrons. The Morgan fingerprint density at radius 3 is 1.20 bits per heavy atom. The summed E-state index contributed by atoms with van der Waals surface area (Å²) >= 11 is 0. The first-order valence-electron chi connectivity index (χ1n) is 32.8. The van der Waals surface area contributed by atoms with Crippen molar-refractivity contribution in [3.63, 3.8) is 0 Å². The van der Waals surface area contributed by atoms with Crippen molar-refractivity contribution in [1.29, 1.82) is 0 Å². The lowest BCUT2D eigenvalue weighted by molar-refractivity contribution is -0.302. The number of ether oxygens (including phenoxy) is 2. The Morgan fingerprint density at radius 2 is 0.787 bits per heavy atom. The van der Waals surface area contributed by atoms with Crippen molar-refractivity contribution in [2.75, 3.05) is 13.2 Å². The van der Waals surface area contributed by atoms with E-state index in [0.717, 1.165) is 103 Å². The fraction of sp³-hybridized carbons (Fsp3) is 0.704. The van der Waals surface area contributed by atoms with E-state index in [1.807, 2.05) is 6.08 Å². The third kappa shape index (κ3) is 47.1. The smallest absolute Gasteiger partial charge is 0.220 e. The number of unbranched alkanes of at least 4 members (excludes halogenated alkanes) is 27. The van der Waals surface area contributed by atoms with E-state index >= 15 is 0 Å². The minimum absolute atomic E-state index is 0.197. The van der Waals surface area contributed by atoms with Crippen LogP contribution in [0.1, 0.15) is 264 Å². The van der Waals surface area contributed by atoms with Crippen molar-refractivity contribution in [3.8, 4) is 0 Å². The van der Waals surface area contributed by atoms with E-state index in [2.05, 4.69) is 129 Å². The van der Waals surface area contributed by atoms with Crippen LogP contribution in [0, 0.1) is 0 Å². The number of carbonyl (C=O) groups excluding carboxylic acids is 1. The minimum Gasteiger partial charge on any atom is -0.394 e. The van der Waals surface area contributed by atoms with Crippen LogP contribution < -0.4 is 5.32 Å². The molecule has 0 saturated carbocycles. The summed E-state index contributed by atoms with van der Waals surface area (Å²) in [5.41, 5.74) is 0. The summed E-state index contributed by atoms with van der Waals surface area (Å²) < 4.78 is 11.3. The lowest BCUT2D eigenvalue weighted by Crippen LogP contribution is -2.60. The number of aliphatic hydroxyl groups is 5. The van der Waals surface area contributed by atoms with Crippen LogP contribution in [0.25, 0.3) is 0 Å². The average molecular weight is 1120 g/mol. The topological polar surface area (TPSA) is 149 Å². The molecule has 1 saturated heterocycles. The second kappa shape index (κ2) is 58.8. The molecule has 9 nitrogen and oxygen atoms in total. The van der Waals surface area contributed by atoms with Crippen molar-refractivity contribution in [3.05, 3.63) is 122 Å². The van der Waals surface area contributed by atoms with Gasteiger partial charge in [-0.1, -0.05) is 277 Å². The largest absolute Gasteiger partial charge is 0.394 e. The fourth-order valence-electron chi connectivity index (χ4n) is 9.64. The van der Waals surface area contributed by atoms with Gasteiger partial charge in [0.15, 0.2) is 6.29 Å². The first-order valence-corrected chi connectivity index (χ1v) is 32.8. The molecule has 0 aromatic carbocycles. The van der Waals surface area contributed by atoms with Gasteiger partial charge in [-0.25, -0.2) is 0 Å². The highest BCUT2D eigenvalue weighted by molar-refractivity contribution is 5.76. The molecular weight excluding hydrogens is 995 g/mol. The number of hydrogen-bond donors (Lipinski definition) is 6. The zero-order chi connectivity index (χ0) is 57.9. The Hall–Kier alpha value is -3.41. The summed E-state index contributed by atoms with van der Waals surface area (Å²) in [6.45, 7) is 3.65. The van der Waals surface area contributed by atoms with Gasteiger partial charge in [-0.15, -0.1) is 0 Å². The maximum absolute atomic E-state index is 13.1. The second-order valence-electron chi connectivity index (χ2n) is 22.2. The summed E-state index contributed by atoms with van der Waals surface area (Å²) in [6, 6.07) is -0.839. The standard InChI is InChI=1S/C71H121NO8/c1-3-5-7-9-11-13-15-17-19-21-23-25-27-29-30-31-32-33-34-35-36-37-39-41-43-45-47-49-51-53-55-57-59-61-67(75)72-64(63-79-71-70(78)69(77)68(76)66(62-73)80-71)65(74)60-58-56-54-52-50-48-46-44-42-40-38-28-26-24-22-20-18-16-14-12-10-8-6-4-2/h5,7,11,13,17,19,23,25,29-30,32-33,35-36,42,44,50,52,58,60,64-66,68-71,73-74,76-78H,3-4,6,8-10,12,14-16,18,20-22,24,26-28,31,34,37-41,43,45-49,51,53-57,59,61-63H2,1-2H3,(H,72,75)/b7-5-,13-11-,19-17-,25-23-,30-29-,33-32-,36-35-,44-42+,52-50+,60-58+. The minimum atomic E-state index is -1.58. The normalized spacial score (nSPS) is 19.3. The van der Waals surface area contributed by atoms with Crippen LogP contribution in [-0.4, -0.2) is 87.5 Å². The van der Waals surface area contributed by atoms with E-state index in [9.17, 15) is 30.3 Å². The van der Waals surface area contributed by atoms with Crippen LogP contribution in [0.15, 0.2) is 122 Å². The monoisotopic (exact) mass is 1120 g/mol. The van der Waals surface area contributed by atoms with Crippen molar-refractivity contribution in [2.24, 2.45) is 0 Å². The quantitative estimate of drug-likeness (QED) is 0.0261. The number of amides is 1. The van der Waals surface area contributed by atoms with Gasteiger partial charge in [0.25, 0.3) is 0 Å². The van der Waals surface area contributed by atoms with E-state index < -0.39 is 49.5 Å². The number of carbonyl (C=O) groups is 1. The molecule has 0 spiro atoms. The van der Waals surface area contributed by atoms with E-state index in [0.29, 0.717) is 6.42 Å². The van der Waals surface area contributed by atoms with Crippen molar-refractivity contribution >= 4 is 5.91 Å². The van der Waals surface area contributed by atoms with Gasteiger partial charge < -0.3 is 40.3 Å². The zero-order valence-corrected chi connectivity index (χ0v) is 51.0. The summed E-state index contributed by atoms with van der Waals surface area (Å²) in [6.07, 6.45) is 81.4. The first kappa shape index (κ1) is 74.6. The number of rotatable bonds is 55. The molecule has 6 N–H and O–H groups in total. The van der Waals surface area contributed by atoms with Crippen molar-refractivity contribution < 1.29 is 39.8 Å². The SMILES string of the molecule is CC/C=C\C/C=C\C/C=C\C/C=C\C/C=C\C/C=C\C/C=C\CCCCCCCCCCCCCC(=O)NC(COC1OC(CO)C(O)C(O)C1O)C(O)/C=C/CC/C=C/CC/C=C/CCCCCCCCCCCCCCCC. The predicted octanol–water partition coefficient (Wildman–Crippen LogP) is 17.5. The van der Waals surface area contributed by atoms with Crippen LogP contribution in [0.4, 0.5) is 0 Å². The van der Waals surface area contributed by atoms with Crippen molar-refractivity contribution in [1.82, 2.24) is 5.32 Å². The van der Waals surface area contributed by atoms with E-state index in [1.165, 1.54) is 141 Å². The molecule has 0 aromatic rings. The number of hydrogen-bond acceptors (Lipinski definition) is 8. The van der Waals surface area contributed by atoms with Gasteiger partial charge in [0.2, 0.25) is 5.91 Å². The Labute approximate surface area is 490 Å². The summed E-state index contributed by atoms with van der Waals surface area (Å²) in [5, 5.41) is 54.6. The third-order valence-corrected chi connectivity index (χ3v) is 14.7. The molecule has 1 amide bonds. The number of aliphatic hydroxyl groups excluding tert-OH is 5. The van der Waals surface area contributed by atoms with Crippen molar-refractivity contribution in [2.45, 2.75) is 307 Å². The maximum Gasteiger partial charge on any atom is 0.220 e. The highest BCUT2D eigenvalue weighted by Crippen LogP contribution is 2.23. The lowest BCUT2D eigenvalue weighted by atomic mass is 9.99. The van der Waals surface area contributed by atoms with Crippen LogP contribution >= 0.6 is 0 Å². The fourth-order valence-corrected chi connectivity index (χ4v) is 9.64. The maximum atomic E-state index is 13.1. The molecule has 7 unspecified atom stereocenters. The molecule has 7 atom stereocenters. The van der Waals surface area contributed by atoms with E-state index in [1.54, 1.807) is 6.08 Å². The molecule has 1 heterocycles. The molecular formula is C71H121NO8. The molecule has 0 aromatic heterocycles. The number of nitrogens with one attached hydrogen (secondary N) is 1. The molecule has 0 bridgehead atoms. The molecule has 1 aliphatic rings. The molecule has 0 radical (unpaired) electrons. The van der Waals surface area contributed by atoms with Crippen LogP contribution in [0.5, 0.6) is 0 Å².